The summed E-state index contributed by atoms with van der Waals surface area (Å²) < 4.78 is 0. The van der Waals surface area contributed by atoms with Crippen molar-refractivity contribution in [1.29, 1.82) is 0 Å². The molecule has 2 aliphatic heterocycles. The minimum Gasteiger partial charge on any atom is -0.300 e. The molecule has 5 heteroatoms. The Hall–Kier alpha value is -0.520. The van der Waals surface area contributed by atoms with Crippen molar-refractivity contribution >= 4 is 11.3 Å². The number of aryl methyl sites for hydroxylation is 1. The molecular weight excluding hydrogens is 244 g/mol. The van der Waals surface area contributed by atoms with Crippen LogP contribution in [0.3, 0.4) is 0 Å². The highest BCUT2D eigenvalue weighted by molar-refractivity contribution is 7.11. The molecule has 0 bridgehead atoms. The molecule has 1 aromatic rings. The summed E-state index contributed by atoms with van der Waals surface area (Å²) in [5.41, 5.74) is 0. The molecular formula is C13H20N4S. The zero-order chi connectivity index (χ0) is 12.1. The van der Waals surface area contributed by atoms with Gasteiger partial charge in [0.2, 0.25) is 0 Å². The van der Waals surface area contributed by atoms with E-state index >= 15 is 0 Å². The van der Waals surface area contributed by atoms with E-state index in [1.54, 1.807) is 11.3 Å². The van der Waals surface area contributed by atoms with Crippen molar-refractivity contribution in [3.63, 3.8) is 0 Å². The topological polar surface area (TPSA) is 32.3 Å². The summed E-state index contributed by atoms with van der Waals surface area (Å²) in [6.45, 7) is 8.29. The van der Waals surface area contributed by atoms with Gasteiger partial charge < -0.3 is 0 Å². The summed E-state index contributed by atoms with van der Waals surface area (Å²) >= 11 is 1.74. The second kappa shape index (κ2) is 4.25. The van der Waals surface area contributed by atoms with Crippen LogP contribution in [0.5, 0.6) is 0 Å². The Balaban J connectivity index is 1.35. The summed E-state index contributed by atoms with van der Waals surface area (Å²) in [7, 11) is 0. The van der Waals surface area contributed by atoms with Gasteiger partial charge in [0, 0.05) is 32.2 Å². The summed E-state index contributed by atoms with van der Waals surface area (Å²) in [6.07, 6.45) is 2.90. The SMILES string of the molecule is Cc1nnc(CN2CC3CN(C4CC4)CC3C2)s1. The fraction of sp³-hybridized carbons (Fsp3) is 0.846. The van der Waals surface area contributed by atoms with Crippen molar-refractivity contribution in [1.82, 2.24) is 20.0 Å². The molecule has 0 amide bonds. The quantitative estimate of drug-likeness (QED) is 0.825. The Morgan fingerprint density at radius 1 is 1.11 bits per heavy atom. The largest absolute Gasteiger partial charge is 0.300 e. The van der Waals surface area contributed by atoms with Crippen LogP contribution in [-0.2, 0) is 6.54 Å². The van der Waals surface area contributed by atoms with Crippen molar-refractivity contribution in [2.24, 2.45) is 11.8 Å². The van der Waals surface area contributed by atoms with Gasteiger partial charge in [-0.2, -0.15) is 0 Å². The monoisotopic (exact) mass is 264 g/mol. The van der Waals surface area contributed by atoms with E-state index in [1.165, 1.54) is 44.0 Å². The third kappa shape index (κ3) is 2.08. The predicted octanol–water partition coefficient (Wildman–Crippen LogP) is 1.37. The van der Waals surface area contributed by atoms with E-state index in [0.29, 0.717) is 0 Å². The molecule has 2 atom stereocenters. The Bertz CT molecular complexity index is 428. The smallest absolute Gasteiger partial charge is 0.131 e. The van der Waals surface area contributed by atoms with E-state index < -0.39 is 0 Å². The molecule has 98 valence electrons. The third-order valence-corrected chi connectivity index (χ3v) is 5.40. The summed E-state index contributed by atoms with van der Waals surface area (Å²) in [4.78, 5) is 5.32. The minimum absolute atomic E-state index is 0.916. The van der Waals surface area contributed by atoms with E-state index in [1.807, 2.05) is 6.92 Å². The molecule has 2 saturated heterocycles. The van der Waals surface area contributed by atoms with Crippen molar-refractivity contribution < 1.29 is 0 Å². The lowest BCUT2D eigenvalue weighted by Gasteiger charge is -2.20. The second-order valence-electron chi connectivity index (χ2n) is 6.11. The Kier molecular flexibility index (Phi) is 2.67. The first-order valence-corrected chi connectivity index (χ1v) is 7.85. The Morgan fingerprint density at radius 2 is 1.83 bits per heavy atom. The fourth-order valence-corrected chi connectivity index (χ4v) is 4.34. The average molecular weight is 264 g/mol. The van der Waals surface area contributed by atoms with Crippen LogP contribution in [0.1, 0.15) is 22.9 Å². The molecule has 1 saturated carbocycles. The van der Waals surface area contributed by atoms with Crippen LogP contribution in [-0.4, -0.2) is 52.2 Å². The summed E-state index contributed by atoms with van der Waals surface area (Å²) in [6, 6.07) is 0.954. The lowest BCUT2D eigenvalue weighted by molar-refractivity contribution is 0.245. The number of aromatic nitrogens is 2. The van der Waals surface area contributed by atoms with Gasteiger partial charge in [0.1, 0.15) is 10.0 Å². The first-order valence-electron chi connectivity index (χ1n) is 7.03. The highest BCUT2D eigenvalue weighted by Crippen LogP contribution is 2.38. The van der Waals surface area contributed by atoms with Gasteiger partial charge in [-0.15, -0.1) is 21.5 Å². The molecule has 3 aliphatic rings. The van der Waals surface area contributed by atoms with E-state index in [4.69, 9.17) is 0 Å². The van der Waals surface area contributed by atoms with Gasteiger partial charge in [0.15, 0.2) is 0 Å². The molecule has 4 nitrogen and oxygen atoms in total. The van der Waals surface area contributed by atoms with Crippen LogP contribution in [0.2, 0.25) is 0 Å². The zero-order valence-corrected chi connectivity index (χ0v) is 11.7. The molecule has 2 unspecified atom stereocenters. The molecule has 1 aliphatic carbocycles. The molecule has 3 heterocycles. The third-order valence-electron chi connectivity index (χ3n) is 4.58. The summed E-state index contributed by atoms with van der Waals surface area (Å²) in [5.74, 6) is 1.83. The Morgan fingerprint density at radius 3 is 2.39 bits per heavy atom. The fourth-order valence-electron chi connectivity index (χ4n) is 3.59. The van der Waals surface area contributed by atoms with Crippen LogP contribution in [0.4, 0.5) is 0 Å². The molecule has 4 rings (SSSR count). The van der Waals surface area contributed by atoms with Crippen molar-refractivity contribution in [2.45, 2.75) is 32.4 Å². The number of likely N-dealkylation sites (tertiary alicyclic amines) is 2. The van der Waals surface area contributed by atoms with Gasteiger partial charge in [0.25, 0.3) is 0 Å². The summed E-state index contributed by atoms with van der Waals surface area (Å²) in [5, 5.41) is 10.6. The molecule has 0 spiro atoms. The van der Waals surface area contributed by atoms with Crippen LogP contribution in [0.25, 0.3) is 0 Å². The maximum Gasteiger partial charge on any atom is 0.131 e. The number of hydrogen-bond donors (Lipinski definition) is 0. The lowest BCUT2D eigenvalue weighted by atomic mass is 10.0. The lowest BCUT2D eigenvalue weighted by Crippen LogP contribution is -2.29. The number of rotatable bonds is 3. The molecule has 0 radical (unpaired) electrons. The van der Waals surface area contributed by atoms with Gasteiger partial charge in [0.05, 0.1) is 6.54 Å². The molecule has 1 aromatic heterocycles. The van der Waals surface area contributed by atoms with E-state index in [9.17, 15) is 0 Å². The highest BCUT2D eigenvalue weighted by Gasteiger charge is 2.44. The molecule has 0 N–H and O–H groups in total. The standard InChI is InChI=1S/C13H20N4S/c1-9-14-15-13(18-9)8-16-4-10-6-17(12-2-3-12)7-11(10)5-16/h10-12H,2-8H2,1H3. The van der Waals surface area contributed by atoms with E-state index in [2.05, 4.69) is 20.0 Å². The maximum atomic E-state index is 4.24. The van der Waals surface area contributed by atoms with Crippen LogP contribution in [0.15, 0.2) is 0 Å². The Labute approximate surface area is 112 Å². The van der Waals surface area contributed by atoms with Crippen molar-refractivity contribution in [3.05, 3.63) is 10.0 Å². The van der Waals surface area contributed by atoms with Crippen LogP contribution >= 0.6 is 11.3 Å². The van der Waals surface area contributed by atoms with Gasteiger partial charge in [-0.3, -0.25) is 9.80 Å². The molecule has 18 heavy (non-hydrogen) atoms. The van der Waals surface area contributed by atoms with E-state index in [0.717, 1.165) is 29.4 Å². The zero-order valence-electron chi connectivity index (χ0n) is 10.9. The molecule has 3 fully saturated rings. The average Bonchev–Trinajstić information content (AvgIpc) is 2.84. The number of nitrogens with zero attached hydrogens (tertiary/aromatic N) is 4. The normalized spacial score (nSPS) is 33.2. The number of hydrogen-bond acceptors (Lipinski definition) is 5. The predicted molar refractivity (Wildman–Crippen MR) is 71.5 cm³/mol. The van der Waals surface area contributed by atoms with E-state index in [-0.39, 0.29) is 0 Å². The van der Waals surface area contributed by atoms with Gasteiger partial charge in [-0.1, -0.05) is 0 Å². The van der Waals surface area contributed by atoms with Crippen LogP contribution < -0.4 is 0 Å². The van der Waals surface area contributed by atoms with Gasteiger partial charge in [-0.25, -0.2) is 0 Å². The van der Waals surface area contributed by atoms with Crippen molar-refractivity contribution in [2.75, 3.05) is 26.2 Å². The van der Waals surface area contributed by atoms with Crippen LogP contribution in [0, 0.1) is 18.8 Å². The van der Waals surface area contributed by atoms with Crippen molar-refractivity contribution in [3.8, 4) is 0 Å². The highest BCUT2D eigenvalue weighted by atomic mass is 32.1. The van der Waals surface area contributed by atoms with Gasteiger partial charge in [-0.05, 0) is 31.6 Å². The first kappa shape index (κ1) is 11.3. The number of fused-ring (bicyclic) bond motifs is 1. The van der Waals surface area contributed by atoms with Gasteiger partial charge >= 0.3 is 0 Å². The second-order valence-corrected chi connectivity index (χ2v) is 7.38. The maximum absolute atomic E-state index is 4.24. The minimum atomic E-state index is 0.916. The first-order chi connectivity index (χ1) is 8.78. The molecule has 0 aromatic carbocycles.